The minimum absolute atomic E-state index is 0.0404. The van der Waals surface area contributed by atoms with Crippen molar-refractivity contribution in [2.45, 2.75) is 13.8 Å². The Labute approximate surface area is 144 Å². The SMILES string of the molecule is CC(=O)Nc1cccc(NC(=O)/C=C/c2cccc([N+](=O)[O-])c2)c1C. The topological polar surface area (TPSA) is 101 Å². The first-order valence-corrected chi connectivity index (χ1v) is 7.47. The number of nitro benzene ring substituents is 1. The molecule has 2 amide bonds. The first-order chi connectivity index (χ1) is 11.9. The van der Waals surface area contributed by atoms with Crippen LogP contribution in [-0.2, 0) is 9.59 Å². The average Bonchev–Trinajstić information content (AvgIpc) is 2.56. The fourth-order valence-electron chi connectivity index (χ4n) is 2.18. The summed E-state index contributed by atoms with van der Waals surface area (Å²) in [6.07, 6.45) is 2.79. The second-order valence-electron chi connectivity index (χ2n) is 5.33. The van der Waals surface area contributed by atoms with Crippen LogP contribution in [0.25, 0.3) is 6.08 Å². The van der Waals surface area contributed by atoms with Gasteiger partial charge in [-0.1, -0.05) is 18.2 Å². The summed E-state index contributed by atoms with van der Waals surface area (Å²) in [4.78, 5) is 33.5. The van der Waals surface area contributed by atoms with Crippen molar-refractivity contribution in [3.8, 4) is 0 Å². The Balaban J connectivity index is 2.11. The number of anilines is 2. The van der Waals surface area contributed by atoms with Crippen LogP contribution < -0.4 is 10.6 Å². The fraction of sp³-hybridized carbons (Fsp3) is 0.111. The van der Waals surface area contributed by atoms with Crippen LogP contribution in [0.3, 0.4) is 0 Å². The molecule has 0 spiro atoms. The van der Waals surface area contributed by atoms with Gasteiger partial charge in [-0.3, -0.25) is 19.7 Å². The summed E-state index contributed by atoms with van der Waals surface area (Å²) in [5.74, 6) is -0.577. The van der Waals surface area contributed by atoms with E-state index in [1.165, 1.54) is 31.2 Å². The standard InChI is InChI=1S/C18H17N3O4/c1-12-16(19-13(2)22)7-4-8-17(12)20-18(23)10-9-14-5-3-6-15(11-14)21(24)25/h3-11H,1-2H3,(H,19,22)(H,20,23)/b10-9+. The highest BCUT2D eigenvalue weighted by molar-refractivity contribution is 6.03. The van der Waals surface area contributed by atoms with Crippen molar-refractivity contribution in [1.82, 2.24) is 0 Å². The van der Waals surface area contributed by atoms with E-state index in [0.717, 1.165) is 5.56 Å². The first kappa shape index (κ1) is 17.9. The lowest BCUT2D eigenvalue weighted by Gasteiger charge is -2.11. The zero-order chi connectivity index (χ0) is 18.4. The third-order valence-electron chi connectivity index (χ3n) is 3.41. The van der Waals surface area contributed by atoms with Crippen LogP contribution in [0.1, 0.15) is 18.1 Å². The fourth-order valence-corrected chi connectivity index (χ4v) is 2.18. The van der Waals surface area contributed by atoms with Gasteiger partial charge in [-0.2, -0.15) is 0 Å². The van der Waals surface area contributed by atoms with Gasteiger partial charge < -0.3 is 10.6 Å². The maximum absolute atomic E-state index is 12.1. The molecule has 0 aliphatic carbocycles. The van der Waals surface area contributed by atoms with Gasteiger partial charge in [0.2, 0.25) is 11.8 Å². The molecule has 0 heterocycles. The second kappa shape index (κ2) is 7.87. The molecule has 0 atom stereocenters. The number of hydrogen-bond donors (Lipinski definition) is 2. The summed E-state index contributed by atoms with van der Waals surface area (Å²) < 4.78 is 0. The van der Waals surface area contributed by atoms with E-state index in [-0.39, 0.29) is 17.5 Å². The lowest BCUT2D eigenvalue weighted by atomic mass is 10.1. The number of nitrogens with zero attached hydrogens (tertiary/aromatic N) is 1. The quantitative estimate of drug-likeness (QED) is 0.494. The number of carbonyl (C=O) groups is 2. The number of nitro groups is 1. The summed E-state index contributed by atoms with van der Waals surface area (Å²) in [5, 5.41) is 16.2. The minimum atomic E-state index is -0.492. The van der Waals surface area contributed by atoms with E-state index in [9.17, 15) is 19.7 Å². The highest BCUT2D eigenvalue weighted by atomic mass is 16.6. The lowest BCUT2D eigenvalue weighted by molar-refractivity contribution is -0.384. The van der Waals surface area contributed by atoms with E-state index in [1.54, 1.807) is 37.3 Å². The molecule has 7 heteroatoms. The summed E-state index contributed by atoms with van der Waals surface area (Å²) in [5.41, 5.74) is 2.43. The van der Waals surface area contributed by atoms with E-state index < -0.39 is 4.92 Å². The molecule has 0 bridgehead atoms. The van der Waals surface area contributed by atoms with E-state index in [2.05, 4.69) is 10.6 Å². The Bertz CT molecular complexity index is 859. The molecule has 0 aromatic heterocycles. The van der Waals surface area contributed by atoms with E-state index in [4.69, 9.17) is 0 Å². The molecule has 0 radical (unpaired) electrons. The molecule has 2 N–H and O–H groups in total. The number of benzene rings is 2. The lowest BCUT2D eigenvalue weighted by Crippen LogP contribution is -2.12. The second-order valence-corrected chi connectivity index (χ2v) is 5.33. The minimum Gasteiger partial charge on any atom is -0.326 e. The predicted octanol–water partition coefficient (Wildman–Crippen LogP) is 3.51. The number of hydrogen-bond acceptors (Lipinski definition) is 4. The van der Waals surface area contributed by atoms with Gasteiger partial charge in [-0.05, 0) is 36.3 Å². The summed E-state index contributed by atoms with van der Waals surface area (Å²) in [6.45, 7) is 3.19. The van der Waals surface area contributed by atoms with Crippen molar-refractivity contribution in [2.75, 3.05) is 10.6 Å². The van der Waals surface area contributed by atoms with Crippen LogP contribution in [0.4, 0.5) is 17.1 Å². The van der Waals surface area contributed by atoms with Crippen molar-refractivity contribution in [3.63, 3.8) is 0 Å². The zero-order valence-corrected chi connectivity index (χ0v) is 13.8. The number of non-ortho nitro benzene ring substituents is 1. The Morgan fingerprint density at radius 1 is 1.08 bits per heavy atom. The highest BCUT2D eigenvalue weighted by Crippen LogP contribution is 2.23. The molecule has 25 heavy (non-hydrogen) atoms. The number of carbonyl (C=O) groups excluding carboxylic acids is 2. The molecule has 2 rings (SSSR count). The van der Waals surface area contributed by atoms with Gasteiger partial charge in [-0.15, -0.1) is 0 Å². The molecule has 0 saturated carbocycles. The Morgan fingerprint density at radius 3 is 2.36 bits per heavy atom. The van der Waals surface area contributed by atoms with Crippen molar-refractivity contribution in [1.29, 1.82) is 0 Å². The van der Waals surface area contributed by atoms with Gasteiger partial charge in [0.05, 0.1) is 4.92 Å². The third kappa shape index (κ3) is 5.00. The number of nitrogens with one attached hydrogen (secondary N) is 2. The highest BCUT2D eigenvalue weighted by Gasteiger charge is 2.07. The monoisotopic (exact) mass is 339 g/mol. The van der Waals surface area contributed by atoms with Crippen LogP contribution in [-0.4, -0.2) is 16.7 Å². The van der Waals surface area contributed by atoms with Crippen molar-refractivity contribution in [2.24, 2.45) is 0 Å². The molecular weight excluding hydrogens is 322 g/mol. The van der Waals surface area contributed by atoms with Crippen LogP contribution in [0.2, 0.25) is 0 Å². The summed E-state index contributed by atoms with van der Waals surface area (Å²) in [6, 6.07) is 11.2. The number of rotatable bonds is 5. The summed E-state index contributed by atoms with van der Waals surface area (Å²) >= 11 is 0. The Kier molecular flexibility index (Phi) is 5.62. The van der Waals surface area contributed by atoms with E-state index >= 15 is 0 Å². The molecule has 128 valence electrons. The molecule has 0 aliphatic heterocycles. The average molecular weight is 339 g/mol. The van der Waals surface area contributed by atoms with Crippen LogP contribution >= 0.6 is 0 Å². The van der Waals surface area contributed by atoms with Gasteiger partial charge in [0, 0.05) is 36.5 Å². The normalized spacial score (nSPS) is 10.5. The van der Waals surface area contributed by atoms with Gasteiger partial charge in [-0.25, -0.2) is 0 Å². The summed E-state index contributed by atoms with van der Waals surface area (Å²) in [7, 11) is 0. The maximum Gasteiger partial charge on any atom is 0.270 e. The van der Waals surface area contributed by atoms with Gasteiger partial charge in [0.15, 0.2) is 0 Å². The largest absolute Gasteiger partial charge is 0.326 e. The van der Waals surface area contributed by atoms with Crippen molar-refractivity contribution < 1.29 is 14.5 Å². The van der Waals surface area contributed by atoms with Gasteiger partial charge >= 0.3 is 0 Å². The molecule has 0 aliphatic rings. The van der Waals surface area contributed by atoms with Crippen LogP contribution in [0.15, 0.2) is 48.5 Å². The van der Waals surface area contributed by atoms with E-state index in [0.29, 0.717) is 16.9 Å². The maximum atomic E-state index is 12.1. The van der Waals surface area contributed by atoms with Crippen molar-refractivity contribution >= 4 is 35.0 Å². The first-order valence-electron chi connectivity index (χ1n) is 7.47. The molecular formula is C18H17N3O4. The molecule has 0 unspecified atom stereocenters. The number of amides is 2. The molecule has 0 fully saturated rings. The van der Waals surface area contributed by atoms with Crippen molar-refractivity contribution in [3.05, 3.63) is 69.8 Å². The Morgan fingerprint density at radius 2 is 1.72 bits per heavy atom. The third-order valence-corrected chi connectivity index (χ3v) is 3.41. The Hall–Kier alpha value is -3.48. The zero-order valence-electron chi connectivity index (χ0n) is 13.8. The van der Waals surface area contributed by atoms with Gasteiger partial charge in [0.1, 0.15) is 0 Å². The molecule has 2 aromatic carbocycles. The molecule has 2 aromatic rings. The predicted molar refractivity (Wildman–Crippen MR) is 96.2 cm³/mol. The molecule has 7 nitrogen and oxygen atoms in total. The smallest absolute Gasteiger partial charge is 0.270 e. The van der Waals surface area contributed by atoms with Crippen LogP contribution in [0, 0.1) is 17.0 Å². The van der Waals surface area contributed by atoms with E-state index in [1.807, 2.05) is 0 Å². The molecule has 0 saturated heterocycles. The van der Waals surface area contributed by atoms with Gasteiger partial charge in [0.25, 0.3) is 5.69 Å². The van der Waals surface area contributed by atoms with Crippen LogP contribution in [0.5, 0.6) is 0 Å².